The summed E-state index contributed by atoms with van der Waals surface area (Å²) in [5.41, 5.74) is 8.07. The average molecular weight is 410 g/mol. The normalized spacial score (nSPS) is 15.4. The number of nitrogens with zero attached hydrogens (tertiary/aromatic N) is 3. The average Bonchev–Trinajstić information content (AvgIpc) is 2.74. The fourth-order valence-corrected chi connectivity index (χ4v) is 3.75. The predicted molar refractivity (Wildman–Crippen MR) is 115 cm³/mol. The van der Waals surface area contributed by atoms with Gasteiger partial charge in [-0.2, -0.15) is 0 Å². The zero-order valence-electron chi connectivity index (χ0n) is 17.4. The van der Waals surface area contributed by atoms with Crippen LogP contribution < -0.4 is 15.2 Å². The molecule has 0 aliphatic carbocycles. The number of benzene rings is 2. The molecule has 7 heteroatoms. The highest BCUT2D eigenvalue weighted by molar-refractivity contribution is 5.84. The van der Waals surface area contributed by atoms with E-state index in [1.807, 2.05) is 31.2 Å². The molecule has 0 unspecified atom stereocenters. The number of aromatic nitrogens is 2. The third-order valence-electron chi connectivity index (χ3n) is 5.62. The van der Waals surface area contributed by atoms with E-state index in [1.165, 1.54) is 12.4 Å². The molecule has 30 heavy (non-hydrogen) atoms. The maximum atomic E-state index is 13.9. The number of nitrogens with two attached hydrogens (primary N) is 1. The topological polar surface area (TPSA) is 73.5 Å². The molecule has 0 saturated carbocycles. The Hall–Kier alpha value is -2.93. The molecule has 158 valence electrons. The van der Waals surface area contributed by atoms with Gasteiger partial charge in [0.1, 0.15) is 24.5 Å². The number of hydrogen-bond acceptors (Lipinski definition) is 6. The summed E-state index contributed by atoms with van der Waals surface area (Å²) in [6, 6.07) is 8.94. The van der Waals surface area contributed by atoms with Crippen LogP contribution in [0.15, 0.2) is 36.7 Å². The molecular weight excluding hydrogens is 383 g/mol. The van der Waals surface area contributed by atoms with Gasteiger partial charge in [0, 0.05) is 11.6 Å². The molecule has 0 spiro atoms. The minimum Gasteiger partial charge on any atom is -0.493 e. The quantitative estimate of drug-likeness (QED) is 0.620. The zero-order chi connectivity index (χ0) is 21.1. The summed E-state index contributed by atoms with van der Waals surface area (Å²) in [6.07, 6.45) is 3.78. The van der Waals surface area contributed by atoms with Crippen molar-refractivity contribution in [2.45, 2.75) is 26.4 Å². The number of fused-ring (bicyclic) bond motifs is 1. The third kappa shape index (κ3) is 4.62. The summed E-state index contributed by atoms with van der Waals surface area (Å²) < 4.78 is 25.7. The SMILES string of the molecule is Cc1cc(F)c(N)c(COc2ncnc3cc(OCC4CCN(C)CC4)ccc23)c1. The maximum absolute atomic E-state index is 13.9. The van der Waals surface area contributed by atoms with Crippen LogP contribution in [0.4, 0.5) is 10.1 Å². The summed E-state index contributed by atoms with van der Waals surface area (Å²) in [5.74, 6) is 1.37. The van der Waals surface area contributed by atoms with Gasteiger partial charge in [-0.1, -0.05) is 6.07 Å². The second-order valence-corrected chi connectivity index (χ2v) is 8.02. The Morgan fingerprint density at radius 1 is 1.13 bits per heavy atom. The first-order valence-electron chi connectivity index (χ1n) is 10.2. The van der Waals surface area contributed by atoms with Crippen LogP contribution in [0.3, 0.4) is 0 Å². The standard InChI is InChI=1S/C23H27FN4O2/c1-15-9-17(22(25)20(24)10-15)13-30-23-19-4-3-18(11-21(19)26-14-27-23)29-12-16-5-7-28(2)8-6-16/h3-4,9-11,14,16H,5-8,12-13,25H2,1-2H3. The number of nitrogen functional groups attached to an aromatic ring is 1. The highest BCUT2D eigenvalue weighted by Crippen LogP contribution is 2.28. The van der Waals surface area contributed by atoms with Gasteiger partial charge < -0.3 is 20.1 Å². The molecular formula is C23H27FN4O2. The van der Waals surface area contributed by atoms with E-state index in [9.17, 15) is 4.39 Å². The molecule has 1 fully saturated rings. The molecule has 2 heterocycles. The molecule has 1 saturated heterocycles. The van der Waals surface area contributed by atoms with Crippen molar-refractivity contribution in [3.8, 4) is 11.6 Å². The van der Waals surface area contributed by atoms with Gasteiger partial charge in [-0.25, -0.2) is 14.4 Å². The van der Waals surface area contributed by atoms with Gasteiger partial charge in [0.25, 0.3) is 0 Å². The van der Waals surface area contributed by atoms with E-state index in [0.29, 0.717) is 24.0 Å². The van der Waals surface area contributed by atoms with E-state index in [1.54, 1.807) is 0 Å². The number of rotatable bonds is 6. The van der Waals surface area contributed by atoms with Gasteiger partial charge in [0.05, 0.1) is 23.2 Å². The highest BCUT2D eigenvalue weighted by Gasteiger charge is 2.17. The number of halogens is 1. The van der Waals surface area contributed by atoms with E-state index in [0.717, 1.165) is 48.1 Å². The van der Waals surface area contributed by atoms with Crippen LogP contribution in [0.2, 0.25) is 0 Å². The van der Waals surface area contributed by atoms with Crippen LogP contribution in [0.25, 0.3) is 10.9 Å². The van der Waals surface area contributed by atoms with Crippen molar-refractivity contribution in [3.63, 3.8) is 0 Å². The van der Waals surface area contributed by atoms with E-state index >= 15 is 0 Å². The van der Waals surface area contributed by atoms with Crippen LogP contribution in [-0.4, -0.2) is 41.6 Å². The van der Waals surface area contributed by atoms with Gasteiger partial charge in [-0.3, -0.25) is 0 Å². The van der Waals surface area contributed by atoms with Crippen LogP contribution in [-0.2, 0) is 6.61 Å². The third-order valence-corrected chi connectivity index (χ3v) is 5.62. The molecule has 2 N–H and O–H groups in total. The summed E-state index contributed by atoms with van der Waals surface area (Å²) in [4.78, 5) is 10.9. The smallest absolute Gasteiger partial charge is 0.224 e. The minimum atomic E-state index is -0.437. The van der Waals surface area contributed by atoms with Crippen molar-refractivity contribution in [2.24, 2.45) is 5.92 Å². The first kappa shape index (κ1) is 20.3. The lowest BCUT2D eigenvalue weighted by molar-refractivity contribution is 0.160. The van der Waals surface area contributed by atoms with Crippen LogP contribution in [0.1, 0.15) is 24.0 Å². The Bertz CT molecular complexity index is 1040. The van der Waals surface area contributed by atoms with Crippen LogP contribution >= 0.6 is 0 Å². The molecule has 1 aromatic heterocycles. The molecule has 0 atom stereocenters. The monoisotopic (exact) mass is 410 g/mol. The van der Waals surface area contributed by atoms with E-state index < -0.39 is 5.82 Å². The lowest BCUT2D eigenvalue weighted by atomic mass is 9.98. The lowest BCUT2D eigenvalue weighted by Crippen LogP contribution is -2.32. The van der Waals surface area contributed by atoms with Crippen molar-refractivity contribution in [2.75, 3.05) is 32.5 Å². The number of anilines is 1. The Morgan fingerprint density at radius 3 is 2.73 bits per heavy atom. The largest absolute Gasteiger partial charge is 0.493 e. The lowest BCUT2D eigenvalue weighted by Gasteiger charge is -2.28. The number of piperidine rings is 1. The van der Waals surface area contributed by atoms with E-state index in [2.05, 4.69) is 21.9 Å². The molecule has 0 amide bonds. The van der Waals surface area contributed by atoms with Crippen molar-refractivity contribution in [1.29, 1.82) is 0 Å². The fraction of sp³-hybridized carbons (Fsp3) is 0.391. The van der Waals surface area contributed by atoms with Gasteiger partial charge in [-0.15, -0.1) is 0 Å². The molecule has 0 bridgehead atoms. The van der Waals surface area contributed by atoms with E-state index in [4.69, 9.17) is 15.2 Å². The molecule has 4 rings (SSSR count). The number of hydrogen-bond donors (Lipinski definition) is 1. The highest BCUT2D eigenvalue weighted by atomic mass is 19.1. The Labute approximate surface area is 175 Å². The second kappa shape index (κ2) is 8.83. The second-order valence-electron chi connectivity index (χ2n) is 8.02. The zero-order valence-corrected chi connectivity index (χ0v) is 17.4. The number of aryl methyl sites for hydroxylation is 1. The van der Waals surface area contributed by atoms with Gasteiger partial charge >= 0.3 is 0 Å². The van der Waals surface area contributed by atoms with Crippen molar-refractivity contribution < 1.29 is 13.9 Å². The molecule has 3 aromatic rings. The Morgan fingerprint density at radius 2 is 1.93 bits per heavy atom. The first-order valence-corrected chi connectivity index (χ1v) is 10.2. The molecule has 0 radical (unpaired) electrons. The minimum absolute atomic E-state index is 0.101. The fourth-order valence-electron chi connectivity index (χ4n) is 3.75. The Balaban J connectivity index is 1.45. The number of likely N-dealkylation sites (tertiary alicyclic amines) is 1. The predicted octanol–water partition coefficient (Wildman–Crippen LogP) is 3.96. The van der Waals surface area contributed by atoms with Crippen LogP contribution in [0, 0.1) is 18.7 Å². The maximum Gasteiger partial charge on any atom is 0.224 e. The summed E-state index contributed by atoms with van der Waals surface area (Å²) in [7, 11) is 2.16. The summed E-state index contributed by atoms with van der Waals surface area (Å²) in [6.45, 7) is 4.90. The van der Waals surface area contributed by atoms with Crippen molar-refractivity contribution in [3.05, 3.63) is 53.6 Å². The van der Waals surface area contributed by atoms with Crippen LogP contribution in [0.5, 0.6) is 11.6 Å². The van der Waals surface area contributed by atoms with Crippen molar-refractivity contribution >= 4 is 16.6 Å². The summed E-state index contributed by atoms with van der Waals surface area (Å²) in [5, 5.41) is 0.774. The summed E-state index contributed by atoms with van der Waals surface area (Å²) >= 11 is 0. The molecule has 2 aromatic carbocycles. The Kier molecular flexibility index (Phi) is 5.99. The first-order chi connectivity index (χ1) is 14.5. The van der Waals surface area contributed by atoms with Gasteiger partial charge in [0.2, 0.25) is 5.88 Å². The van der Waals surface area contributed by atoms with Gasteiger partial charge in [0.15, 0.2) is 0 Å². The molecule has 1 aliphatic rings. The molecule has 1 aliphatic heterocycles. The van der Waals surface area contributed by atoms with E-state index in [-0.39, 0.29) is 12.3 Å². The van der Waals surface area contributed by atoms with Crippen molar-refractivity contribution in [1.82, 2.24) is 14.9 Å². The van der Waals surface area contributed by atoms with Gasteiger partial charge in [-0.05, 0) is 69.6 Å². The molecule has 6 nitrogen and oxygen atoms in total. The number of ether oxygens (including phenoxy) is 2.